The Kier molecular flexibility index (Phi) is 6.10. The fraction of sp³-hybridized carbons (Fsp3) is 0.360. The van der Waals surface area contributed by atoms with Gasteiger partial charge in [-0.25, -0.2) is 0 Å². The summed E-state index contributed by atoms with van der Waals surface area (Å²) in [5, 5.41) is 4.23. The van der Waals surface area contributed by atoms with Crippen LogP contribution in [0.1, 0.15) is 43.2 Å². The van der Waals surface area contributed by atoms with Gasteiger partial charge in [-0.3, -0.25) is 4.98 Å². The van der Waals surface area contributed by atoms with E-state index >= 15 is 0 Å². The molecule has 0 spiro atoms. The summed E-state index contributed by atoms with van der Waals surface area (Å²) in [6.07, 6.45) is 6.47. The molecule has 0 aliphatic carbocycles. The highest BCUT2D eigenvalue weighted by molar-refractivity contribution is 7.80. The minimum Gasteiger partial charge on any atom is -0.494 e. The van der Waals surface area contributed by atoms with E-state index < -0.39 is 0 Å². The van der Waals surface area contributed by atoms with Crippen molar-refractivity contribution in [3.05, 3.63) is 78.4 Å². The van der Waals surface area contributed by atoms with Crippen molar-refractivity contribution in [1.29, 1.82) is 0 Å². The molecule has 1 aromatic carbocycles. The Balaban J connectivity index is 1.54. The first-order chi connectivity index (χ1) is 15.7. The Labute approximate surface area is 194 Å². The second kappa shape index (κ2) is 9.30. The Morgan fingerprint density at radius 1 is 1.16 bits per heavy atom. The Morgan fingerprint density at radius 3 is 2.75 bits per heavy atom. The molecule has 2 aliphatic rings. The van der Waals surface area contributed by atoms with Crippen LogP contribution in [0.3, 0.4) is 0 Å². The topological polar surface area (TPSA) is 51.5 Å². The predicted octanol–water partition coefficient (Wildman–Crippen LogP) is 4.64. The SMILES string of the molecule is CCOc1ccc(N2C(=S)N[C@H](c3ccccn3)[C@H]2c2cccn2C[C@@H]2CCCO2)cc1. The van der Waals surface area contributed by atoms with Crippen LogP contribution in [0.2, 0.25) is 0 Å². The zero-order valence-electron chi connectivity index (χ0n) is 18.2. The highest BCUT2D eigenvalue weighted by atomic mass is 32.1. The van der Waals surface area contributed by atoms with E-state index in [9.17, 15) is 0 Å². The van der Waals surface area contributed by atoms with Gasteiger partial charge in [0, 0.05) is 36.9 Å². The molecule has 6 nitrogen and oxygen atoms in total. The quantitative estimate of drug-likeness (QED) is 0.532. The third kappa shape index (κ3) is 4.10. The number of hydrogen-bond acceptors (Lipinski definition) is 4. The molecule has 2 aliphatic heterocycles. The Morgan fingerprint density at radius 2 is 2.03 bits per heavy atom. The summed E-state index contributed by atoms with van der Waals surface area (Å²) in [6.45, 7) is 4.33. The number of hydrogen-bond donors (Lipinski definition) is 1. The predicted molar refractivity (Wildman–Crippen MR) is 129 cm³/mol. The van der Waals surface area contributed by atoms with Gasteiger partial charge >= 0.3 is 0 Å². The van der Waals surface area contributed by atoms with Crippen LogP contribution < -0.4 is 15.0 Å². The summed E-state index contributed by atoms with van der Waals surface area (Å²) < 4.78 is 13.9. The molecule has 0 unspecified atom stereocenters. The zero-order valence-corrected chi connectivity index (χ0v) is 19.0. The average molecular weight is 449 g/mol. The van der Waals surface area contributed by atoms with Crippen molar-refractivity contribution in [1.82, 2.24) is 14.9 Å². The standard InChI is InChI=1S/C25H28N4O2S/c1-2-30-19-12-10-18(11-13-19)29-24(23(27-25(29)32)21-8-3-4-14-26-21)22-9-5-15-28(22)17-20-7-6-16-31-20/h3-5,8-15,20,23-24H,2,6-7,16-17H2,1H3,(H,27,32)/t20-,23+,24+/m0/s1. The lowest BCUT2D eigenvalue weighted by Crippen LogP contribution is -2.31. The molecule has 3 aromatic rings. The van der Waals surface area contributed by atoms with Crippen molar-refractivity contribution in [3.63, 3.8) is 0 Å². The lowest BCUT2D eigenvalue weighted by molar-refractivity contribution is 0.0961. The van der Waals surface area contributed by atoms with Crippen molar-refractivity contribution in [2.45, 2.75) is 44.5 Å². The molecule has 3 atom stereocenters. The van der Waals surface area contributed by atoms with E-state index in [1.165, 1.54) is 5.69 Å². The van der Waals surface area contributed by atoms with Gasteiger partial charge in [-0.2, -0.15) is 0 Å². The molecular weight excluding hydrogens is 420 g/mol. The van der Waals surface area contributed by atoms with Crippen molar-refractivity contribution in [2.75, 3.05) is 18.1 Å². The van der Waals surface area contributed by atoms with Crippen molar-refractivity contribution in [3.8, 4) is 5.75 Å². The van der Waals surface area contributed by atoms with Crippen LogP contribution in [-0.2, 0) is 11.3 Å². The molecule has 0 bridgehead atoms. The number of benzene rings is 1. The average Bonchev–Trinajstić information content (AvgIpc) is 3.56. The second-order valence-electron chi connectivity index (χ2n) is 8.14. The molecule has 0 radical (unpaired) electrons. The first kappa shape index (κ1) is 21.0. The summed E-state index contributed by atoms with van der Waals surface area (Å²) in [5.74, 6) is 0.855. The summed E-state index contributed by atoms with van der Waals surface area (Å²) in [5.41, 5.74) is 3.19. The van der Waals surface area contributed by atoms with Gasteiger partial charge in [0.1, 0.15) is 11.8 Å². The van der Waals surface area contributed by atoms with Gasteiger partial charge in [0.2, 0.25) is 0 Å². The van der Waals surface area contributed by atoms with Crippen molar-refractivity contribution in [2.24, 2.45) is 0 Å². The molecule has 166 valence electrons. The van der Waals surface area contributed by atoms with Crippen LogP contribution in [0, 0.1) is 0 Å². The monoisotopic (exact) mass is 448 g/mol. The number of ether oxygens (including phenoxy) is 2. The summed E-state index contributed by atoms with van der Waals surface area (Å²) in [4.78, 5) is 6.85. The van der Waals surface area contributed by atoms with Crippen LogP contribution in [0.5, 0.6) is 5.75 Å². The van der Waals surface area contributed by atoms with Gasteiger partial charge in [-0.05, 0) is 80.5 Å². The van der Waals surface area contributed by atoms with E-state index in [-0.39, 0.29) is 18.2 Å². The van der Waals surface area contributed by atoms with Crippen molar-refractivity contribution < 1.29 is 9.47 Å². The molecule has 32 heavy (non-hydrogen) atoms. The van der Waals surface area contributed by atoms with Gasteiger partial charge in [0.15, 0.2) is 5.11 Å². The molecule has 2 saturated heterocycles. The number of pyridine rings is 1. The maximum atomic E-state index is 5.92. The molecule has 2 aromatic heterocycles. The van der Waals surface area contributed by atoms with Gasteiger partial charge in [-0.15, -0.1) is 0 Å². The van der Waals surface area contributed by atoms with Gasteiger partial charge in [-0.1, -0.05) is 6.07 Å². The van der Waals surface area contributed by atoms with Crippen LogP contribution in [0.25, 0.3) is 0 Å². The normalized spacial score (nSPS) is 22.8. The first-order valence-corrected chi connectivity index (χ1v) is 11.7. The minimum atomic E-state index is -0.0617. The largest absolute Gasteiger partial charge is 0.494 e. The fourth-order valence-corrected chi connectivity index (χ4v) is 5.02. The van der Waals surface area contributed by atoms with Crippen LogP contribution in [0.15, 0.2) is 67.0 Å². The third-order valence-corrected chi connectivity index (χ3v) is 6.43. The van der Waals surface area contributed by atoms with E-state index in [1.54, 1.807) is 0 Å². The van der Waals surface area contributed by atoms with E-state index in [1.807, 2.05) is 37.4 Å². The van der Waals surface area contributed by atoms with E-state index in [4.69, 9.17) is 21.7 Å². The zero-order chi connectivity index (χ0) is 21.9. The van der Waals surface area contributed by atoms with Gasteiger partial charge in [0.25, 0.3) is 0 Å². The van der Waals surface area contributed by atoms with Crippen LogP contribution in [-0.4, -0.2) is 34.0 Å². The van der Waals surface area contributed by atoms with Crippen molar-refractivity contribution >= 4 is 23.0 Å². The maximum absolute atomic E-state index is 5.92. The molecule has 5 rings (SSSR count). The number of thiocarbonyl (C=S) groups is 1. The molecule has 0 saturated carbocycles. The number of anilines is 1. The second-order valence-corrected chi connectivity index (χ2v) is 8.53. The Hall–Kier alpha value is -2.90. The lowest BCUT2D eigenvalue weighted by atomic mass is 10.0. The summed E-state index contributed by atoms with van der Waals surface area (Å²) in [6, 6.07) is 18.4. The number of aromatic nitrogens is 2. The van der Waals surface area contributed by atoms with E-state index in [0.29, 0.717) is 11.7 Å². The molecule has 1 N–H and O–H groups in total. The highest BCUT2D eigenvalue weighted by Crippen LogP contribution is 2.42. The molecule has 2 fully saturated rings. The Bertz CT molecular complexity index is 1050. The third-order valence-electron chi connectivity index (χ3n) is 6.12. The number of nitrogens with one attached hydrogen (secondary N) is 1. The fourth-order valence-electron chi connectivity index (χ4n) is 4.67. The maximum Gasteiger partial charge on any atom is 0.174 e. The van der Waals surface area contributed by atoms with E-state index in [0.717, 1.165) is 43.1 Å². The molecule has 0 amide bonds. The number of nitrogens with zero attached hydrogens (tertiary/aromatic N) is 3. The summed E-state index contributed by atoms with van der Waals surface area (Å²) in [7, 11) is 0. The van der Waals surface area contributed by atoms with E-state index in [2.05, 4.69) is 56.3 Å². The van der Waals surface area contributed by atoms with Gasteiger partial charge in [0.05, 0.1) is 24.4 Å². The molecule has 7 heteroatoms. The smallest absolute Gasteiger partial charge is 0.174 e. The summed E-state index contributed by atoms with van der Waals surface area (Å²) >= 11 is 5.84. The molecular formula is C25H28N4O2S. The lowest BCUT2D eigenvalue weighted by Gasteiger charge is -2.29. The van der Waals surface area contributed by atoms with Crippen LogP contribution in [0.4, 0.5) is 5.69 Å². The minimum absolute atomic E-state index is 0.0354. The highest BCUT2D eigenvalue weighted by Gasteiger charge is 2.42. The number of rotatable bonds is 7. The molecule has 4 heterocycles. The van der Waals surface area contributed by atoms with Gasteiger partial charge < -0.3 is 24.3 Å². The van der Waals surface area contributed by atoms with Crippen LogP contribution >= 0.6 is 12.2 Å². The first-order valence-electron chi connectivity index (χ1n) is 11.2.